The summed E-state index contributed by atoms with van der Waals surface area (Å²) in [6, 6.07) is 10.6. The Morgan fingerprint density at radius 2 is 1.95 bits per heavy atom. The van der Waals surface area contributed by atoms with Crippen LogP contribution in [-0.2, 0) is 0 Å². The average molecular weight is 285 g/mol. The second kappa shape index (κ2) is 5.22. The summed E-state index contributed by atoms with van der Waals surface area (Å²) < 4.78 is 0. The SMILES string of the molecule is O=C(Nc1cc(Cl)ncn1)c1ccnc2ccccc12. The van der Waals surface area contributed by atoms with Crippen molar-refractivity contribution in [3.63, 3.8) is 0 Å². The number of hydrogen-bond acceptors (Lipinski definition) is 4. The maximum atomic E-state index is 12.3. The molecule has 1 aromatic carbocycles. The van der Waals surface area contributed by atoms with Crippen molar-refractivity contribution in [1.82, 2.24) is 15.0 Å². The van der Waals surface area contributed by atoms with Gasteiger partial charge in [-0.25, -0.2) is 9.97 Å². The van der Waals surface area contributed by atoms with Gasteiger partial charge in [0, 0.05) is 17.6 Å². The standard InChI is InChI=1S/C14H9ClN4O/c15-12-7-13(18-8-17-12)19-14(20)10-5-6-16-11-4-2-1-3-9(10)11/h1-8H,(H,17,18,19,20). The zero-order valence-corrected chi connectivity index (χ0v) is 11.0. The van der Waals surface area contributed by atoms with Gasteiger partial charge in [-0.1, -0.05) is 29.8 Å². The van der Waals surface area contributed by atoms with Crippen LogP contribution in [0.5, 0.6) is 0 Å². The molecule has 6 heteroatoms. The molecule has 0 aliphatic rings. The zero-order valence-electron chi connectivity index (χ0n) is 10.2. The van der Waals surface area contributed by atoms with E-state index in [1.807, 2.05) is 24.3 Å². The summed E-state index contributed by atoms with van der Waals surface area (Å²) in [4.78, 5) is 24.2. The molecule has 0 spiro atoms. The van der Waals surface area contributed by atoms with Crippen molar-refractivity contribution in [1.29, 1.82) is 0 Å². The first-order chi connectivity index (χ1) is 9.74. The number of nitrogens with one attached hydrogen (secondary N) is 1. The number of carbonyl (C=O) groups excluding carboxylic acids is 1. The van der Waals surface area contributed by atoms with Crippen molar-refractivity contribution < 1.29 is 4.79 Å². The van der Waals surface area contributed by atoms with Crippen molar-refractivity contribution in [2.45, 2.75) is 0 Å². The lowest BCUT2D eigenvalue weighted by Crippen LogP contribution is -2.13. The zero-order chi connectivity index (χ0) is 13.9. The molecule has 0 atom stereocenters. The summed E-state index contributed by atoms with van der Waals surface area (Å²) in [6.07, 6.45) is 2.90. The Hall–Kier alpha value is -2.53. The van der Waals surface area contributed by atoms with Crippen LogP contribution in [0.1, 0.15) is 10.4 Å². The average Bonchev–Trinajstić information content (AvgIpc) is 2.46. The third kappa shape index (κ3) is 2.44. The fraction of sp³-hybridized carbons (Fsp3) is 0. The minimum Gasteiger partial charge on any atom is -0.306 e. The predicted molar refractivity (Wildman–Crippen MR) is 76.7 cm³/mol. The molecule has 98 valence electrons. The normalized spacial score (nSPS) is 10.4. The van der Waals surface area contributed by atoms with Gasteiger partial charge >= 0.3 is 0 Å². The lowest BCUT2D eigenvalue weighted by Gasteiger charge is -2.06. The topological polar surface area (TPSA) is 67.8 Å². The Balaban J connectivity index is 1.97. The van der Waals surface area contributed by atoms with Gasteiger partial charge in [0.25, 0.3) is 5.91 Å². The Kier molecular flexibility index (Phi) is 3.26. The summed E-state index contributed by atoms with van der Waals surface area (Å²) in [5.41, 5.74) is 1.30. The Bertz CT molecular complexity index is 785. The number of aromatic nitrogens is 3. The number of benzene rings is 1. The molecule has 1 N–H and O–H groups in total. The molecule has 0 bridgehead atoms. The molecule has 2 aromatic heterocycles. The minimum atomic E-state index is -0.265. The lowest BCUT2D eigenvalue weighted by atomic mass is 10.1. The third-order valence-electron chi connectivity index (χ3n) is 2.77. The van der Waals surface area contributed by atoms with E-state index in [-0.39, 0.29) is 11.1 Å². The fourth-order valence-electron chi connectivity index (χ4n) is 1.88. The molecule has 20 heavy (non-hydrogen) atoms. The molecule has 3 rings (SSSR count). The van der Waals surface area contributed by atoms with Gasteiger partial charge in [-0.3, -0.25) is 9.78 Å². The van der Waals surface area contributed by atoms with Gasteiger partial charge in [-0.2, -0.15) is 0 Å². The van der Waals surface area contributed by atoms with E-state index in [0.717, 1.165) is 10.9 Å². The van der Waals surface area contributed by atoms with Gasteiger partial charge in [0.15, 0.2) is 0 Å². The first-order valence-electron chi connectivity index (χ1n) is 5.87. The number of hydrogen-bond donors (Lipinski definition) is 1. The van der Waals surface area contributed by atoms with Gasteiger partial charge in [-0.15, -0.1) is 0 Å². The van der Waals surface area contributed by atoms with Gasteiger partial charge in [0.1, 0.15) is 17.3 Å². The highest BCUT2D eigenvalue weighted by molar-refractivity contribution is 6.29. The van der Waals surface area contributed by atoms with Crippen LogP contribution in [0.3, 0.4) is 0 Å². The number of pyridine rings is 1. The van der Waals surface area contributed by atoms with E-state index in [1.165, 1.54) is 12.4 Å². The number of nitrogens with zero attached hydrogens (tertiary/aromatic N) is 3. The summed E-state index contributed by atoms with van der Waals surface area (Å²) in [7, 11) is 0. The Morgan fingerprint density at radius 1 is 1.10 bits per heavy atom. The molecule has 5 nitrogen and oxygen atoms in total. The monoisotopic (exact) mass is 284 g/mol. The molecule has 0 fully saturated rings. The van der Waals surface area contributed by atoms with E-state index in [4.69, 9.17) is 11.6 Å². The molecule has 0 aliphatic carbocycles. The molecule has 2 heterocycles. The molecule has 3 aromatic rings. The first kappa shape index (κ1) is 12.5. The van der Waals surface area contributed by atoms with Crippen LogP contribution < -0.4 is 5.32 Å². The molecule has 0 radical (unpaired) electrons. The largest absolute Gasteiger partial charge is 0.306 e. The Morgan fingerprint density at radius 3 is 2.80 bits per heavy atom. The van der Waals surface area contributed by atoms with Crippen LogP contribution in [0.15, 0.2) is 48.9 Å². The summed E-state index contributed by atoms with van der Waals surface area (Å²) in [5.74, 6) is 0.0919. The van der Waals surface area contributed by atoms with Gasteiger partial charge in [0.05, 0.1) is 11.1 Å². The number of amides is 1. The lowest BCUT2D eigenvalue weighted by molar-refractivity contribution is 0.102. The van der Waals surface area contributed by atoms with Gasteiger partial charge < -0.3 is 5.32 Å². The first-order valence-corrected chi connectivity index (χ1v) is 6.24. The molecule has 0 unspecified atom stereocenters. The number of anilines is 1. The molecular formula is C14H9ClN4O. The van der Waals surface area contributed by atoms with Crippen LogP contribution in [0.25, 0.3) is 10.9 Å². The molecule has 0 saturated carbocycles. The maximum absolute atomic E-state index is 12.3. The van der Waals surface area contributed by atoms with Gasteiger partial charge in [-0.05, 0) is 12.1 Å². The fourth-order valence-corrected chi connectivity index (χ4v) is 2.03. The summed E-state index contributed by atoms with van der Waals surface area (Å²) >= 11 is 5.76. The van der Waals surface area contributed by atoms with E-state index >= 15 is 0 Å². The van der Waals surface area contributed by atoms with Crippen LogP contribution >= 0.6 is 11.6 Å². The molecule has 1 amide bonds. The van der Waals surface area contributed by atoms with Crippen molar-refractivity contribution in [2.75, 3.05) is 5.32 Å². The van der Waals surface area contributed by atoms with E-state index in [2.05, 4.69) is 20.3 Å². The van der Waals surface area contributed by atoms with E-state index in [9.17, 15) is 4.79 Å². The van der Waals surface area contributed by atoms with E-state index in [1.54, 1.807) is 12.3 Å². The summed E-state index contributed by atoms with van der Waals surface area (Å²) in [6.45, 7) is 0. The number of carbonyl (C=O) groups is 1. The number of para-hydroxylation sites is 1. The highest BCUT2D eigenvalue weighted by Crippen LogP contribution is 2.17. The van der Waals surface area contributed by atoms with Crippen molar-refractivity contribution in [2.24, 2.45) is 0 Å². The number of rotatable bonds is 2. The molecule has 0 saturated heterocycles. The number of fused-ring (bicyclic) bond motifs is 1. The highest BCUT2D eigenvalue weighted by Gasteiger charge is 2.11. The Labute approximate surface area is 119 Å². The van der Waals surface area contributed by atoms with Gasteiger partial charge in [0.2, 0.25) is 0 Å². The van der Waals surface area contributed by atoms with Crippen molar-refractivity contribution >= 4 is 34.2 Å². The van der Waals surface area contributed by atoms with Crippen molar-refractivity contribution in [3.8, 4) is 0 Å². The number of halogens is 1. The van der Waals surface area contributed by atoms with Crippen LogP contribution in [0, 0.1) is 0 Å². The molecule has 0 aliphatic heterocycles. The second-order valence-electron chi connectivity index (χ2n) is 4.06. The minimum absolute atomic E-state index is 0.265. The second-order valence-corrected chi connectivity index (χ2v) is 4.44. The molecular weight excluding hydrogens is 276 g/mol. The quantitative estimate of drug-likeness (QED) is 0.735. The van der Waals surface area contributed by atoms with Crippen molar-refractivity contribution in [3.05, 3.63) is 59.6 Å². The predicted octanol–water partition coefficient (Wildman–Crippen LogP) is 2.93. The third-order valence-corrected chi connectivity index (χ3v) is 2.98. The highest BCUT2D eigenvalue weighted by atomic mass is 35.5. The van der Waals surface area contributed by atoms with Crippen LogP contribution in [-0.4, -0.2) is 20.9 Å². The smallest absolute Gasteiger partial charge is 0.257 e. The summed E-state index contributed by atoms with van der Waals surface area (Å²) in [5, 5.41) is 3.75. The van der Waals surface area contributed by atoms with Crippen LogP contribution in [0.4, 0.5) is 5.82 Å². The maximum Gasteiger partial charge on any atom is 0.257 e. The van der Waals surface area contributed by atoms with Crippen LogP contribution in [0.2, 0.25) is 5.15 Å². The van der Waals surface area contributed by atoms with E-state index < -0.39 is 0 Å². The van der Waals surface area contributed by atoms with E-state index in [0.29, 0.717) is 11.4 Å².